The van der Waals surface area contributed by atoms with Crippen LogP contribution in [0.4, 0.5) is 0 Å². The number of amides is 1. The molecule has 21 heavy (non-hydrogen) atoms. The standard InChI is InChI=1S/C13H17BrClN5O/c1-2-12(20-8-10(14)6-18-20)13(21)16-4-3-5-19-9-11(15)7-17-19/h6-9,12H,2-5H2,1H3,(H,16,21). The zero-order valence-corrected chi connectivity index (χ0v) is 14.0. The highest BCUT2D eigenvalue weighted by Gasteiger charge is 2.18. The lowest BCUT2D eigenvalue weighted by atomic mass is 10.2. The molecule has 0 aliphatic rings. The molecule has 0 bridgehead atoms. The summed E-state index contributed by atoms with van der Waals surface area (Å²) in [5.41, 5.74) is 0. The maximum absolute atomic E-state index is 12.2. The van der Waals surface area contributed by atoms with Gasteiger partial charge in [-0.15, -0.1) is 0 Å². The van der Waals surface area contributed by atoms with Gasteiger partial charge in [-0.3, -0.25) is 14.2 Å². The Morgan fingerprint density at radius 2 is 2.24 bits per heavy atom. The van der Waals surface area contributed by atoms with E-state index in [0.717, 1.165) is 17.4 Å². The van der Waals surface area contributed by atoms with Crippen LogP contribution in [0.3, 0.4) is 0 Å². The van der Waals surface area contributed by atoms with Crippen LogP contribution in [-0.2, 0) is 11.3 Å². The summed E-state index contributed by atoms with van der Waals surface area (Å²) in [6, 6.07) is -0.282. The van der Waals surface area contributed by atoms with Crippen LogP contribution in [-0.4, -0.2) is 32.0 Å². The van der Waals surface area contributed by atoms with Gasteiger partial charge in [-0.1, -0.05) is 18.5 Å². The number of halogens is 2. The number of hydrogen-bond donors (Lipinski definition) is 1. The molecule has 1 amide bonds. The number of aromatic nitrogens is 4. The fraction of sp³-hybridized carbons (Fsp3) is 0.462. The van der Waals surface area contributed by atoms with Crippen LogP contribution in [0.15, 0.2) is 29.3 Å². The summed E-state index contributed by atoms with van der Waals surface area (Å²) in [5.74, 6) is -0.0217. The molecule has 114 valence electrons. The summed E-state index contributed by atoms with van der Waals surface area (Å²) >= 11 is 9.12. The van der Waals surface area contributed by atoms with E-state index in [0.29, 0.717) is 18.0 Å². The van der Waals surface area contributed by atoms with Gasteiger partial charge in [-0.25, -0.2) is 0 Å². The molecule has 2 aromatic rings. The molecule has 8 heteroatoms. The van der Waals surface area contributed by atoms with E-state index in [2.05, 4.69) is 31.4 Å². The molecule has 0 spiro atoms. The van der Waals surface area contributed by atoms with E-state index >= 15 is 0 Å². The first-order valence-electron chi connectivity index (χ1n) is 6.75. The van der Waals surface area contributed by atoms with Crippen molar-refractivity contribution in [1.82, 2.24) is 24.9 Å². The van der Waals surface area contributed by atoms with Gasteiger partial charge < -0.3 is 5.32 Å². The Kier molecular flexibility index (Phi) is 5.81. The van der Waals surface area contributed by atoms with Crippen molar-refractivity contribution >= 4 is 33.4 Å². The molecule has 0 fully saturated rings. The summed E-state index contributed by atoms with van der Waals surface area (Å²) < 4.78 is 4.30. The quantitative estimate of drug-likeness (QED) is 0.758. The van der Waals surface area contributed by atoms with Crippen LogP contribution in [0.1, 0.15) is 25.8 Å². The minimum Gasteiger partial charge on any atom is -0.354 e. The topological polar surface area (TPSA) is 64.7 Å². The monoisotopic (exact) mass is 373 g/mol. The molecule has 0 aliphatic heterocycles. The number of nitrogens with one attached hydrogen (secondary N) is 1. The van der Waals surface area contributed by atoms with Crippen molar-refractivity contribution < 1.29 is 4.79 Å². The number of hydrogen-bond acceptors (Lipinski definition) is 3. The lowest BCUT2D eigenvalue weighted by Crippen LogP contribution is -2.33. The summed E-state index contributed by atoms with van der Waals surface area (Å²) in [6.45, 7) is 3.28. The second-order valence-electron chi connectivity index (χ2n) is 4.63. The number of carbonyl (C=O) groups excluding carboxylic acids is 1. The predicted molar refractivity (Wildman–Crippen MR) is 84.1 cm³/mol. The van der Waals surface area contributed by atoms with Gasteiger partial charge in [0, 0.05) is 25.5 Å². The first kappa shape index (κ1) is 16.0. The molecule has 0 aromatic carbocycles. The van der Waals surface area contributed by atoms with Crippen LogP contribution in [0.25, 0.3) is 0 Å². The van der Waals surface area contributed by atoms with Gasteiger partial charge in [0.2, 0.25) is 5.91 Å². The zero-order chi connectivity index (χ0) is 15.2. The summed E-state index contributed by atoms with van der Waals surface area (Å²) in [4.78, 5) is 12.2. The van der Waals surface area contributed by atoms with Crippen molar-refractivity contribution in [3.05, 3.63) is 34.3 Å². The van der Waals surface area contributed by atoms with Gasteiger partial charge in [-0.2, -0.15) is 10.2 Å². The van der Waals surface area contributed by atoms with E-state index in [1.54, 1.807) is 34.2 Å². The van der Waals surface area contributed by atoms with Gasteiger partial charge >= 0.3 is 0 Å². The third kappa shape index (κ3) is 4.57. The lowest BCUT2D eigenvalue weighted by Gasteiger charge is -2.15. The molecule has 1 atom stereocenters. The molecule has 0 saturated heterocycles. The molecule has 1 N–H and O–H groups in total. The first-order valence-corrected chi connectivity index (χ1v) is 7.92. The highest BCUT2D eigenvalue weighted by atomic mass is 79.9. The van der Waals surface area contributed by atoms with Gasteiger partial charge in [0.1, 0.15) is 6.04 Å². The van der Waals surface area contributed by atoms with E-state index < -0.39 is 0 Å². The molecule has 2 aromatic heterocycles. The summed E-state index contributed by atoms with van der Waals surface area (Å²) in [5, 5.41) is 11.8. The van der Waals surface area contributed by atoms with Crippen molar-refractivity contribution in [2.45, 2.75) is 32.4 Å². The van der Waals surface area contributed by atoms with E-state index in [9.17, 15) is 4.79 Å². The third-order valence-corrected chi connectivity index (χ3v) is 3.65. The lowest BCUT2D eigenvalue weighted by molar-refractivity contribution is -0.124. The molecule has 1 unspecified atom stereocenters. The Morgan fingerprint density at radius 3 is 2.81 bits per heavy atom. The fourth-order valence-corrected chi connectivity index (χ4v) is 2.47. The van der Waals surface area contributed by atoms with Gasteiger partial charge in [0.15, 0.2) is 0 Å². The number of aryl methyl sites for hydroxylation is 1. The summed E-state index contributed by atoms with van der Waals surface area (Å²) in [6.07, 6.45) is 8.33. The first-order chi connectivity index (χ1) is 10.1. The second kappa shape index (κ2) is 7.61. The number of carbonyl (C=O) groups is 1. The SMILES string of the molecule is CCC(C(=O)NCCCn1cc(Cl)cn1)n1cc(Br)cn1. The van der Waals surface area contributed by atoms with E-state index in [1.165, 1.54) is 0 Å². The van der Waals surface area contributed by atoms with Gasteiger partial charge in [-0.05, 0) is 28.8 Å². The van der Waals surface area contributed by atoms with E-state index in [4.69, 9.17) is 11.6 Å². The number of nitrogens with zero attached hydrogens (tertiary/aromatic N) is 4. The second-order valence-corrected chi connectivity index (χ2v) is 5.98. The molecule has 0 aliphatic carbocycles. The molecular formula is C13H17BrClN5O. The molecule has 0 saturated carbocycles. The van der Waals surface area contributed by atoms with Crippen LogP contribution in [0.2, 0.25) is 5.02 Å². The minimum absolute atomic E-state index is 0.0217. The van der Waals surface area contributed by atoms with Crippen LogP contribution < -0.4 is 5.32 Å². The van der Waals surface area contributed by atoms with Crippen molar-refractivity contribution in [2.24, 2.45) is 0 Å². The van der Waals surface area contributed by atoms with E-state index in [-0.39, 0.29) is 11.9 Å². The fourth-order valence-electron chi connectivity index (χ4n) is 2.01. The van der Waals surface area contributed by atoms with Crippen LogP contribution in [0, 0.1) is 0 Å². The van der Waals surface area contributed by atoms with Crippen LogP contribution >= 0.6 is 27.5 Å². The zero-order valence-electron chi connectivity index (χ0n) is 11.7. The number of rotatable bonds is 7. The average Bonchev–Trinajstić information content (AvgIpc) is 3.05. The normalized spacial score (nSPS) is 12.3. The Hall–Kier alpha value is -1.34. The van der Waals surface area contributed by atoms with Gasteiger partial charge in [0.05, 0.1) is 21.9 Å². The Bertz CT molecular complexity index is 597. The minimum atomic E-state index is -0.282. The third-order valence-electron chi connectivity index (χ3n) is 3.04. The van der Waals surface area contributed by atoms with E-state index in [1.807, 2.05) is 6.92 Å². The van der Waals surface area contributed by atoms with Gasteiger partial charge in [0.25, 0.3) is 0 Å². The molecule has 2 heterocycles. The Labute approximate surface area is 136 Å². The van der Waals surface area contributed by atoms with Crippen LogP contribution in [0.5, 0.6) is 0 Å². The molecule has 2 rings (SSSR count). The average molecular weight is 375 g/mol. The van der Waals surface area contributed by atoms with Crippen molar-refractivity contribution in [1.29, 1.82) is 0 Å². The highest BCUT2D eigenvalue weighted by Crippen LogP contribution is 2.14. The Morgan fingerprint density at radius 1 is 1.43 bits per heavy atom. The highest BCUT2D eigenvalue weighted by molar-refractivity contribution is 9.10. The molecule has 6 nitrogen and oxygen atoms in total. The van der Waals surface area contributed by atoms with Crippen molar-refractivity contribution in [3.8, 4) is 0 Å². The Balaban J connectivity index is 1.77. The summed E-state index contributed by atoms with van der Waals surface area (Å²) in [7, 11) is 0. The maximum Gasteiger partial charge on any atom is 0.244 e. The molecule has 0 radical (unpaired) electrons. The predicted octanol–water partition coefficient (Wildman–Crippen LogP) is 2.65. The molecular weight excluding hydrogens is 358 g/mol. The maximum atomic E-state index is 12.2. The van der Waals surface area contributed by atoms with Crippen molar-refractivity contribution in [3.63, 3.8) is 0 Å². The largest absolute Gasteiger partial charge is 0.354 e. The van der Waals surface area contributed by atoms with Crippen molar-refractivity contribution in [2.75, 3.05) is 6.54 Å². The smallest absolute Gasteiger partial charge is 0.244 e.